The molecule has 0 heterocycles. The van der Waals surface area contributed by atoms with Gasteiger partial charge in [0.2, 0.25) is 0 Å². The molecule has 0 unspecified atom stereocenters. The van der Waals surface area contributed by atoms with Gasteiger partial charge in [-0.15, -0.1) is 0 Å². The number of rotatable bonds is 0. The van der Waals surface area contributed by atoms with Gasteiger partial charge in [-0.2, -0.15) is 0 Å². The average Bonchev–Trinajstić information content (AvgIpc) is 2.59. The fourth-order valence-electron chi connectivity index (χ4n) is 2.38. The van der Waals surface area contributed by atoms with Crippen molar-refractivity contribution in [2.45, 2.75) is 19.3 Å². The van der Waals surface area contributed by atoms with E-state index in [0.717, 1.165) is 0 Å². The number of halogens is 1. The van der Waals surface area contributed by atoms with Gasteiger partial charge in [0.05, 0.1) is 0 Å². The smallest absolute Gasteiger partial charge is 0.0171 e. The van der Waals surface area contributed by atoms with E-state index in [-0.39, 0.29) is 0 Å². The van der Waals surface area contributed by atoms with E-state index in [1.54, 1.807) is 11.1 Å². The predicted octanol–water partition coefficient (Wildman–Crippen LogP) is 3.95. The normalized spacial score (nSPS) is 18.4. The molecule has 0 atom stereocenters. The summed E-state index contributed by atoms with van der Waals surface area (Å²) in [5.41, 5.74) is 6.17. The van der Waals surface area contributed by atoms with E-state index < -0.39 is 0 Å². The van der Waals surface area contributed by atoms with Crippen LogP contribution in [-0.4, -0.2) is 0 Å². The summed E-state index contributed by atoms with van der Waals surface area (Å²) in [6.07, 6.45) is 8.28. The van der Waals surface area contributed by atoms with Crippen LogP contribution in [0.2, 0.25) is 0 Å². The summed E-state index contributed by atoms with van der Waals surface area (Å²) in [6.45, 7) is 0. The maximum absolute atomic E-state index is 2.45. The Hall–Kier alpha value is -0.570. The molecule has 0 N–H and O–H groups in total. The molecule has 0 amide bonds. The minimum atomic E-state index is 1.19. The second kappa shape index (κ2) is 3.23. The topological polar surface area (TPSA) is 0 Å². The van der Waals surface area contributed by atoms with Gasteiger partial charge >= 0.3 is 0 Å². The van der Waals surface area contributed by atoms with Crippen LogP contribution in [0.25, 0.3) is 5.57 Å². The molecule has 1 aromatic rings. The van der Waals surface area contributed by atoms with Crippen molar-refractivity contribution in [1.29, 1.82) is 0 Å². The first kappa shape index (κ1) is 8.72. The van der Waals surface area contributed by atoms with Gasteiger partial charge in [0.25, 0.3) is 0 Å². The highest BCUT2D eigenvalue weighted by atomic mass is 127. The molecule has 1 heteroatoms. The molecule has 0 aromatic heterocycles. The Morgan fingerprint density at radius 1 is 1.21 bits per heavy atom. The Kier molecular flexibility index (Phi) is 2.01. The van der Waals surface area contributed by atoms with Gasteiger partial charge in [0.15, 0.2) is 0 Å². The van der Waals surface area contributed by atoms with Crippen molar-refractivity contribution in [3.63, 3.8) is 0 Å². The first-order valence-electron chi connectivity index (χ1n) is 5.02. The van der Waals surface area contributed by atoms with Crippen LogP contribution in [0.4, 0.5) is 0 Å². The lowest BCUT2D eigenvalue weighted by molar-refractivity contribution is 0.933. The first-order valence-corrected chi connectivity index (χ1v) is 6.10. The van der Waals surface area contributed by atoms with Gasteiger partial charge in [-0.05, 0) is 64.6 Å². The van der Waals surface area contributed by atoms with Crippen molar-refractivity contribution < 1.29 is 0 Å². The minimum absolute atomic E-state index is 1.19. The van der Waals surface area contributed by atoms with Crippen molar-refractivity contribution in [3.8, 4) is 0 Å². The number of fused-ring (bicyclic) bond motifs is 2. The predicted molar refractivity (Wildman–Crippen MR) is 68.2 cm³/mol. The van der Waals surface area contributed by atoms with Crippen LogP contribution in [0.15, 0.2) is 35.9 Å². The zero-order valence-corrected chi connectivity index (χ0v) is 10.0. The molecule has 3 rings (SSSR count). The summed E-state index contributed by atoms with van der Waals surface area (Å²) < 4.78 is 1.42. The van der Waals surface area contributed by atoms with Crippen LogP contribution >= 0.6 is 22.6 Å². The van der Waals surface area contributed by atoms with Crippen LogP contribution in [-0.2, 0) is 6.42 Å². The highest BCUT2D eigenvalue weighted by Crippen LogP contribution is 2.39. The fourth-order valence-corrected chi connectivity index (χ4v) is 3.07. The van der Waals surface area contributed by atoms with E-state index in [4.69, 9.17) is 0 Å². The zero-order valence-electron chi connectivity index (χ0n) is 7.89. The van der Waals surface area contributed by atoms with Crippen molar-refractivity contribution in [3.05, 3.63) is 50.6 Å². The largest absolute Gasteiger partial charge is 0.0836 e. The van der Waals surface area contributed by atoms with Crippen molar-refractivity contribution in [1.82, 2.24) is 0 Å². The Morgan fingerprint density at radius 2 is 2.14 bits per heavy atom. The molecule has 1 aromatic carbocycles. The van der Waals surface area contributed by atoms with Gasteiger partial charge in [-0.25, -0.2) is 0 Å². The van der Waals surface area contributed by atoms with Crippen LogP contribution in [0, 0.1) is 3.57 Å². The highest BCUT2D eigenvalue weighted by molar-refractivity contribution is 14.1. The summed E-state index contributed by atoms with van der Waals surface area (Å²) in [6, 6.07) is 6.63. The summed E-state index contributed by atoms with van der Waals surface area (Å²) in [5.74, 6) is 0. The summed E-state index contributed by atoms with van der Waals surface area (Å²) in [7, 11) is 0. The Labute approximate surface area is 97.9 Å². The SMILES string of the molecule is Ic1cccc2c1CC1=C2C=CCC1. The second-order valence-electron chi connectivity index (χ2n) is 3.90. The van der Waals surface area contributed by atoms with Gasteiger partial charge in [0.1, 0.15) is 0 Å². The number of hydrogen-bond acceptors (Lipinski definition) is 0. The Bertz CT molecular complexity index is 452. The van der Waals surface area contributed by atoms with Gasteiger partial charge in [-0.3, -0.25) is 0 Å². The van der Waals surface area contributed by atoms with Gasteiger partial charge < -0.3 is 0 Å². The van der Waals surface area contributed by atoms with E-state index >= 15 is 0 Å². The van der Waals surface area contributed by atoms with Crippen molar-refractivity contribution in [2.24, 2.45) is 0 Å². The molecule has 70 valence electrons. The van der Waals surface area contributed by atoms with E-state index in [1.165, 1.54) is 34.0 Å². The summed E-state index contributed by atoms with van der Waals surface area (Å²) in [4.78, 5) is 0. The molecule has 0 saturated carbocycles. The van der Waals surface area contributed by atoms with Crippen molar-refractivity contribution >= 4 is 28.2 Å². The van der Waals surface area contributed by atoms with Crippen LogP contribution in [0.3, 0.4) is 0 Å². The van der Waals surface area contributed by atoms with Crippen LogP contribution < -0.4 is 0 Å². The minimum Gasteiger partial charge on any atom is -0.0836 e. The monoisotopic (exact) mass is 294 g/mol. The molecule has 0 radical (unpaired) electrons. The molecule has 0 fully saturated rings. The molecule has 0 saturated heterocycles. The van der Waals surface area contributed by atoms with E-state index in [1.807, 2.05) is 0 Å². The molecule has 0 bridgehead atoms. The number of benzene rings is 1. The lowest BCUT2D eigenvalue weighted by Gasteiger charge is -2.07. The molecular weight excluding hydrogens is 283 g/mol. The third-order valence-electron chi connectivity index (χ3n) is 3.08. The lowest BCUT2D eigenvalue weighted by atomic mass is 9.98. The molecule has 0 aliphatic heterocycles. The molecule has 14 heavy (non-hydrogen) atoms. The molecule has 0 spiro atoms. The highest BCUT2D eigenvalue weighted by Gasteiger charge is 2.22. The average molecular weight is 294 g/mol. The lowest BCUT2D eigenvalue weighted by Crippen LogP contribution is -1.88. The Balaban J connectivity index is 2.20. The number of allylic oxidation sites excluding steroid dienone is 4. The number of hydrogen-bond donors (Lipinski definition) is 0. The van der Waals surface area contributed by atoms with Crippen molar-refractivity contribution in [2.75, 3.05) is 0 Å². The van der Waals surface area contributed by atoms with Crippen LogP contribution in [0.5, 0.6) is 0 Å². The maximum Gasteiger partial charge on any atom is 0.0171 e. The standard InChI is InChI=1S/C13H11I/c14-13-7-3-6-11-10-5-2-1-4-9(10)8-12(11)13/h2-3,5-7H,1,4,8H2. The summed E-state index contributed by atoms with van der Waals surface area (Å²) >= 11 is 2.45. The van der Waals surface area contributed by atoms with Crippen LogP contribution in [0.1, 0.15) is 24.0 Å². The molecule has 0 nitrogen and oxygen atoms in total. The molecule has 2 aliphatic carbocycles. The summed E-state index contributed by atoms with van der Waals surface area (Å²) in [5, 5.41) is 0. The second-order valence-corrected chi connectivity index (χ2v) is 5.06. The fraction of sp³-hybridized carbons (Fsp3) is 0.231. The quantitative estimate of drug-likeness (QED) is 0.636. The first-order chi connectivity index (χ1) is 6.86. The maximum atomic E-state index is 2.45. The third kappa shape index (κ3) is 1.18. The van der Waals surface area contributed by atoms with Gasteiger partial charge in [-0.1, -0.05) is 29.9 Å². The molecule has 2 aliphatic rings. The molecular formula is C13H11I. The Morgan fingerprint density at radius 3 is 3.07 bits per heavy atom. The van der Waals surface area contributed by atoms with E-state index in [0.29, 0.717) is 0 Å². The van der Waals surface area contributed by atoms with E-state index in [9.17, 15) is 0 Å². The third-order valence-corrected chi connectivity index (χ3v) is 4.09. The zero-order chi connectivity index (χ0) is 9.54. The van der Waals surface area contributed by atoms with E-state index in [2.05, 4.69) is 52.9 Å². The van der Waals surface area contributed by atoms with Gasteiger partial charge in [0, 0.05) is 3.57 Å².